The minimum atomic E-state index is -0.394. The van der Waals surface area contributed by atoms with Crippen molar-refractivity contribution in [1.82, 2.24) is 9.55 Å². The Morgan fingerprint density at radius 3 is 2.95 bits per heavy atom. The van der Waals surface area contributed by atoms with Crippen molar-refractivity contribution < 1.29 is 4.79 Å². The molecule has 2 rings (SSSR count). The number of nitrogens with two attached hydrogens (primary N) is 1. The Balaban J connectivity index is 2.22. The molecule has 6 nitrogen and oxygen atoms in total. The van der Waals surface area contributed by atoms with E-state index in [1.807, 2.05) is 0 Å². The van der Waals surface area contributed by atoms with E-state index < -0.39 is 5.91 Å². The van der Waals surface area contributed by atoms with Gasteiger partial charge in [0.2, 0.25) is 5.91 Å². The summed E-state index contributed by atoms with van der Waals surface area (Å²) >= 11 is 8.95. The van der Waals surface area contributed by atoms with Crippen LogP contribution >= 0.6 is 27.5 Å². The highest BCUT2D eigenvalue weighted by atomic mass is 79.9. The molecule has 1 amide bonds. The van der Waals surface area contributed by atoms with Crippen molar-refractivity contribution in [3.63, 3.8) is 0 Å². The number of hydrogen-bond acceptors (Lipinski definition) is 4. The van der Waals surface area contributed by atoms with Crippen molar-refractivity contribution in [3.05, 3.63) is 50.1 Å². The van der Waals surface area contributed by atoms with Gasteiger partial charge in [0.25, 0.3) is 5.56 Å². The topological polar surface area (TPSA) is 90.0 Å². The molecule has 0 radical (unpaired) electrons. The van der Waals surface area contributed by atoms with E-state index in [4.69, 9.17) is 17.3 Å². The molecule has 1 aromatic carbocycles. The number of carbonyl (C=O) groups excluding carboxylic acids is 1. The first-order valence-electron chi connectivity index (χ1n) is 5.95. The number of anilines is 2. The number of halogens is 2. The van der Waals surface area contributed by atoms with Crippen molar-refractivity contribution in [1.29, 1.82) is 0 Å². The van der Waals surface area contributed by atoms with Gasteiger partial charge in [0, 0.05) is 11.2 Å². The van der Waals surface area contributed by atoms with Gasteiger partial charge < -0.3 is 11.1 Å². The third-order valence-corrected chi connectivity index (χ3v) is 3.58. The highest BCUT2D eigenvalue weighted by Gasteiger charge is 2.11. The normalized spacial score (nSPS) is 10.4. The molecule has 0 bridgehead atoms. The van der Waals surface area contributed by atoms with Crippen molar-refractivity contribution in [2.75, 3.05) is 11.1 Å². The minimum absolute atomic E-state index is 0.164. The number of nitrogens with one attached hydrogen (secondary N) is 1. The van der Waals surface area contributed by atoms with Crippen LogP contribution in [0.3, 0.4) is 0 Å². The molecule has 0 unspecified atom stereocenters. The lowest BCUT2D eigenvalue weighted by molar-refractivity contribution is -0.116. The third kappa shape index (κ3) is 3.62. The highest BCUT2D eigenvalue weighted by molar-refractivity contribution is 9.10. The second-order valence-corrected chi connectivity index (χ2v) is 5.62. The van der Waals surface area contributed by atoms with Gasteiger partial charge in [0.1, 0.15) is 16.8 Å². The Morgan fingerprint density at radius 2 is 2.24 bits per heavy atom. The van der Waals surface area contributed by atoms with Crippen LogP contribution < -0.4 is 16.6 Å². The summed E-state index contributed by atoms with van der Waals surface area (Å²) in [6.07, 6.45) is 1.40. The van der Waals surface area contributed by atoms with Gasteiger partial charge in [-0.2, -0.15) is 0 Å². The van der Waals surface area contributed by atoms with E-state index in [9.17, 15) is 9.59 Å². The summed E-state index contributed by atoms with van der Waals surface area (Å²) in [5.74, 6) is 0.0477. The Morgan fingerprint density at radius 1 is 1.52 bits per heavy atom. The molecule has 0 aliphatic heterocycles. The number of rotatable bonds is 3. The van der Waals surface area contributed by atoms with E-state index >= 15 is 0 Å². The molecule has 21 heavy (non-hydrogen) atoms. The van der Waals surface area contributed by atoms with Crippen LogP contribution in [0.15, 0.2) is 33.7 Å². The summed E-state index contributed by atoms with van der Waals surface area (Å²) in [6, 6.07) is 4.76. The van der Waals surface area contributed by atoms with Gasteiger partial charge in [-0.3, -0.25) is 14.2 Å². The number of amides is 1. The van der Waals surface area contributed by atoms with Gasteiger partial charge in [0.15, 0.2) is 0 Å². The van der Waals surface area contributed by atoms with Crippen LogP contribution in [0.25, 0.3) is 0 Å². The van der Waals surface area contributed by atoms with Crippen molar-refractivity contribution >= 4 is 44.8 Å². The summed E-state index contributed by atoms with van der Waals surface area (Å²) in [5, 5.41) is 3.08. The molecule has 0 saturated heterocycles. The van der Waals surface area contributed by atoms with E-state index in [1.54, 1.807) is 25.1 Å². The summed E-state index contributed by atoms with van der Waals surface area (Å²) in [7, 11) is 0. The number of nitrogen functional groups attached to an aromatic ring is 1. The third-order valence-electron chi connectivity index (χ3n) is 2.80. The van der Waals surface area contributed by atoms with E-state index in [0.717, 1.165) is 0 Å². The molecule has 0 spiro atoms. The SMILES string of the molecule is Cc1ncc(Br)c(=O)n1CC(=O)Nc1cc(Cl)ccc1N. The molecule has 0 saturated carbocycles. The summed E-state index contributed by atoms with van der Waals surface area (Å²) < 4.78 is 1.56. The fraction of sp³-hybridized carbons (Fsp3) is 0.154. The Hall–Kier alpha value is -1.86. The Bertz CT molecular complexity index is 760. The highest BCUT2D eigenvalue weighted by Crippen LogP contribution is 2.22. The molecule has 8 heteroatoms. The van der Waals surface area contributed by atoms with Gasteiger partial charge in [-0.25, -0.2) is 4.98 Å². The van der Waals surface area contributed by atoms with Crippen LogP contribution in [0.2, 0.25) is 5.02 Å². The molecule has 1 heterocycles. The average Bonchev–Trinajstić information content (AvgIpc) is 2.43. The molecule has 0 aliphatic rings. The lowest BCUT2D eigenvalue weighted by atomic mass is 10.2. The van der Waals surface area contributed by atoms with Crippen LogP contribution in [-0.2, 0) is 11.3 Å². The lowest BCUT2D eigenvalue weighted by Gasteiger charge is -2.11. The molecular weight excluding hydrogens is 360 g/mol. The first-order chi connectivity index (χ1) is 9.88. The molecule has 0 atom stereocenters. The van der Waals surface area contributed by atoms with E-state index in [1.165, 1.54) is 10.8 Å². The molecule has 1 aromatic heterocycles. The first-order valence-corrected chi connectivity index (χ1v) is 7.12. The van der Waals surface area contributed by atoms with Crippen LogP contribution in [0, 0.1) is 6.92 Å². The number of benzene rings is 1. The van der Waals surface area contributed by atoms with Gasteiger partial charge in [-0.05, 0) is 41.1 Å². The van der Waals surface area contributed by atoms with Crippen LogP contribution in [-0.4, -0.2) is 15.5 Å². The predicted molar refractivity (Wildman–Crippen MR) is 85.4 cm³/mol. The monoisotopic (exact) mass is 370 g/mol. The molecule has 3 N–H and O–H groups in total. The maximum absolute atomic E-state index is 12.0. The van der Waals surface area contributed by atoms with Crippen LogP contribution in [0.4, 0.5) is 11.4 Å². The Kier molecular flexibility index (Phi) is 4.64. The van der Waals surface area contributed by atoms with Crippen molar-refractivity contribution in [2.45, 2.75) is 13.5 Å². The number of aromatic nitrogens is 2. The quantitative estimate of drug-likeness (QED) is 0.809. The van der Waals surface area contributed by atoms with Gasteiger partial charge >= 0.3 is 0 Å². The average molecular weight is 372 g/mol. The number of hydrogen-bond donors (Lipinski definition) is 2. The summed E-state index contributed by atoms with van der Waals surface area (Å²) in [5.41, 5.74) is 6.23. The molecular formula is C13H12BrClN4O2. The van der Waals surface area contributed by atoms with E-state index in [0.29, 0.717) is 26.7 Å². The number of nitrogens with zero attached hydrogens (tertiary/aromatic N) is 2. The lowest BCUT2D eigenvalue weighted by Crippen LogP contribution is -2.30. The number of carbonyl (C=O) groups is 1. The molecule has 0 aliphatic carbocycles. The smallest absolute Gasteiger partial charge is 0.268 e. The fourth-order valence-corrected chi connectivity index (χ4v) is 2.20. The van der Waals surface area contributed by atoms with Gasteiger partial charge in [-0.15, -0.1) is 0 Å². The fourth-order valence-electron chi connectivity index (χ4n) is 1.71. The maximum Gasteiger partial charge on any atom is 0.268 e. The Labute approximate surface area is 134 Å². The minimum Gasteiger partial charge on any atom is -0.397 e. The number of aryl methyl sites for hydroxylation is 1. The molecule has 110 valence electrons. The zero-order valence-corrected chi connectivity index (χ0v) is 13.4. The zero-order valence-electron chi connectivity index (χ0n) is 11.1. The van der Waals surface area contributed by atoms with Crippen LogP contribution in [0.5, 0.6) is 0 Å². The van der Waals surface area contributed by atoms with E-state index in [2.05, 4.69) is 26.2 Å². The predicted octanol–water partition coefficient (Wildman–Crippen LogP) is 2.19. The standard InChI is InChI=1S/C13H12BrClN4O2/c1-7-17-5-9(14)13(21)19(7)6-12(20)18-11-4-8(15)2-3-10(11)16/h2-5H,6,16H2,1H3,(H,18,20). The van der Waals surface area contributed by atoms with E-state index in [-0.39, 0.29) is 12.1 Å². The largest absolute Gasteiger partial charge is 0.397 e. The summed E-state index contributed by atoms with van der Waals surface area (Å²) in [4.78, 5) is 28.0. The first kappa shape index (κ1) is 15.5. The second kappa shape index (κ2) is 6.28. The van der Waals surface area contributed by atoms with Gasteiger partial charge in [0.05, 0.1) is 11.4 Å². The molecule has 2 aromatic rings. The maximum atomic E-state index is 12.0. The zero-order chi connectivity index (χ0) is 15.6. The van der Waals surface area contributed by atoms with Gasteiger partial charge in [-0.1, -0.05) is 11.6 Å². The van der Waals surface area contributed by atoms with Crippen molar-refractivity contribution in [2.24, 2.45) is 0 Å². The molecule has 0 fully saturated rings. The second-order valence-electron chi connectivity index (χ2n) is 4.32. The van der Waals surface area contributed by atoms with Crippen molar-refractivity contribution in [3.8, 4) is 0 Å². The summed E-state index contributed by atoms with van der Waals surface area (Å²) in [6.45, 7) is 1.48. The van der Waals surface area contributed by atoms with Crippen LogP contribution in [0.1, 0.15) is 5.82 Å².